The van der Waals surface area contributed by atoms with Crippen molar-refractivity contribution in [1.82, 2.24) is 10.3 Å². The monoisotopic (exact) mass is 426 g/mol. The first-order valence-corrected chi connectivity index (χ1v) is 10.6. The molecule has 0 spiro atoms. The van der Waals surface area contributed by atoms with Crippen LogP contribution in [0.4, 0.5) is 0 Å². The molecule has 1 aliphatic carbocycles. The van der Waals surface area contributed by atoms with Crippen molar-refractivity contribution in [2.45, 2.75) is 51.5 Å². The summed E-state index contributed by atoms with van der Waals surface area (Å²) in [5.41, 5.74) is 1.33. The Kier molecular flexibility index (Phi) is 7.15. The summed E-state index contributed by atoms with van der Waals surface area (Å²) in [6.07, 6.45) is 4.43. The molecule has 1 heterocycles. The highest BCUT2D eigenvalue weighted by molar-refractivity contribution is 5.98. The molecule has 0 atom stereocenters. The first-order valence-electron chi connectivity index (χ1n) is 10.6. The van der Waals surface area contributed by atoms with Gasteiger partial charge in [0.15, 0.2) is 5.75 Å². The molecule has 2 N–H and O–H groups in total. The van der Waals surface area contributed by atoms with Gasteiger partial charge in [-0.2, -0.15) is 0 Å². The lowest BCUT2D eigenvalue weighted by Gasteiger charge is -2.36. The summed E-state index contributed by atoms with van der Waals surface area (Å²) < 4.78 is 11.1. The summed E-state index contributed by atoms with van der Waals surface area (Å²) in [6, 6.07) is 9.72. The number of carboxylic acid groups (broad SMARTS) is 1. The van der Waals surface area contributed by atoms with Crippen LogP contribution in [0.1, 0.15) is 54.1 Å². The Morgan fingerprint density at radius 1 is 1.26 bits per heavy atom. The Morgan fingerprint density at radius 3 is 2.65 bits per heavy atom. The number of ether oxygens (including phenoxy) is 2. The van der Waals surface area contributed by atoms with E-state index in [-0.39, 0.29) is 11.4 Å². The van der Waals surface area contributed by atoms with Crippen molar-refractivity contribution < 1.29 is 24.2 Å². The zero-order valence-corrected chi connectivity index (χ0v) is 18.3. The van der Waals surface area contributed by atoms with Crippen LogP contribution in [-0.4, -0.2) is 41.2 Å². The normalized spacial score (nSPS) is 20.7. The summed E-state index contributed by atoms with van der Waals surface area (Å²) >= 11 is 0. The largest absolute Gasteiger partial charge is 0.488 e. The van der Waals surface area contributed by atoms with Crippen LogP contribution in [0, 0.1) is 12.8 Å². The average Bonchev–Trinajstić information content (AvgIpc) is 2.75. The minimum atomic E-state index is -1.24. The van der Waals surface area contributed by atoms with Crippen molar-refractivity contribution in [3.63, 3.8) is 0 Å². The fourth-order valence-electron chi connectivity index (χ4n) is 3.90. The lowest BCUT2D eigenvalue weighted by molar-refractivity contribution is -0.146. The van der Waals surface area contributed by atoms with E-state index in [1.165, 1.54) is 18.9 Å². The number of pyridine rings is 1. The molecule has 1 aromatic heterocycles. The number of amides is 1. The number of aliphatic carboxylic acids is 1. The van der Waals surface area contributed by atoms with E-state index in [0.717, 1.165) is 18.4 Å². The third kappa shape index (κ3) is 5.54. The molecule has 1 amide bonds. The number of benzene rings is 1. The average molecular weight is 427 g/mol. The van der Waals surface area contributed by atoms with Crippen molar-refractivity contribution >= 4 is 11.9 Å². The van der Waals surface area contributed by atoms with Gasteiger partial charge in [-0.15, -0.1) is 0 Å². The Hall–Kier alpha value is -3.09. The Labute approximate surface area is 182 Å². The molecule has 166 valence electrons. The highest BCUT2D eigenvalue weighted by atomic mass is 16.5. The van der Waals surface area contributed by atoms with E-state index in [1.54, 1.807) is 6.07 Å². The number of rotatable bonds is 8. The molecule has 0 radical (unpaired) electrons. The van der Waals surface area contributed by atoms with Crippen LogP contribution in [0.25, 0.3) is 0 Å². The predicted octanol–water partition coefficient (Wildman–Crippen LogP) is 3.78. The van der Waals surface area contributed by atoms with E-state index in [1.807, 2.05) is 25.1 Å². The number of nitrogens with one attached hydrogen (secondary N) is 1. The van der Waals surface area contributed by atoms with Gasteiger partial charge < -0.3 is 19.9 Å². The maximum atomic E-state index is 12.9. The Morgan fingerprint density at radius 2 is 2.00 bits per heavy atom. The number of aryl methyl sites for hydroxylation is 1. The number of methoxy groups -OCH3 is 1. The van der Waals surface area contributed by atoms with Gasteiger partial charge in [0, 0.05) is 18.7 Å². The second-order valence-corrected chi connectivity index (χ2v) is 8.34. The van der Waals surface area contributed by atoms with E-state index >= 15 is 0 Å². The topological polar surface area (TPSA) is 97.8 Å². The van der Waals surface area contributed by atoms with E-state index < -0.39 is 17.4 Å². The maximum absolute atomic E-state index is 12.9. The molecule has 1 fully saturated rings. The van der Waals surface area contributed by atoms with Crippen molar-refractivity contribution in [2.24, 2.45) is 5.92 Å². The molecule has 3 rings (SSSR count). The van der Waals surface area contributed by atoms with E-state index in [2.05, 4.69) is 23.3 Å². The second kappa shape index (κ2) is 9.81. The van der Waals surface area contributed by atoms with Gasteiger partial charge in [-0.25, -0.2) is 9.78 Å². The molecule has 2 aromatic rings. The van der Waals surface area contributed by atoms with Gasteiger partial charge in [0.2, 0.25) is 0 Å². The van der Waals surface area contributed by atoms with Crippen molar-refractivity contribution in [1.29, 1.82) is 0 Å². The molecule has 7 nitrogen and oxygen atoms in total. The second-order valence-electron chi connectivity index (χ2n) is 8.34. The van der Waals surface area contributed by atoms with Crippen LogP contribution in [0.15, 0.2) is 36.5 Å². The minimum absolute atomic E-state index is 0.241. The summed E-state index contributed by atoms with van der Waals surface area (Å²) in [4.78, 5) is 29.0. The summed E-state index contributed by atoms with van der Waals surface area (Å²) in [7, 11) is 1.48. The molecule has 1 saturated carbocycles. The summed E-state index contributed by atoms with van der Waals surface area (Å²) in [5.74, 6) is -0.385. The Balaban J connectivity index is 1.71. The lowest BCUT2D eigenvalue weighted by atomic mass is 9.77. The van der Waals surface area contributed by atoms with E-state index in [0.29, 0.717) is 37.5 Å². The third-order valence-electron chi connectivity index (χ3n) is 5.89. The molecule has 0 aliphatic heterocycles. The van der Waals surface area contributed by atoms with Crippen LogP contribution < -0.4 is 14.8 Å². The lowest BCUT2D eigenvalue weighted by Crippen LogP contribution is -2.56. The molecule has 1 aliphatic rings. The zero-order chi connectivity index (χ0) is 22.4. The SMILES string of the molecule is COc1ncc(C(=O)N[C@]2(C(=O)O)CC[C@@H](C)CC2)cc1OCCc1cccc(C)c1. The van der Waals surface area contributed by atoms with Crippen LogP contribution in [0.3, 0.4) is 0 Å². The maximum Gasteiger partial charge on any atom is 0.329 e. The summed E-state index contributed by atoms with van der Waals surface area (Å²) in [5, 5.41) is 12.5. The standard InChI is InChI=1S/C24H30N2O5/c1-16-7-10-24(11-8-16,23(28)29)26-21(27)19-14-20(22(30-3)25-15-19)31-12-9-18-6-4-5-17(2)13-18/h4-6,13-16H,7-12H2,1-3H3,(H,26,27)(H,28,29)/t16-,24-. The smallest absolute Gasteiger partial charge is 0.329 e. The fourth-order valence-corrected chi connectivity index (χ4v) is 3.90. The number of carbonyl (C=O) groups excluding carboxylic acids is 1. The van der Waals surface area contributed by atoms with Crippen molar-refractivity contribution in [3.05, 3.63) is 53.2 Å². The third-order valence-corrected chi connectivity index (χ3v) is 5.89. The van der Waals surface area contributed by atoms with Crippen LogP contribution in [0.5, 0.6) is 11.6 Å². The number of carboxylic acids is 1. The molecule has 31 heavy (non-hydrogen) atoms. The van der Waals surface area contributed by atoms with Crippen LogP contribution in [0.2, 0.25) is 0 Å². The number of carbonyl (C=O) groups is 2. The van der Waals surface area contributed by atoms with Crippen molar-refractivity contribution in [2.75, 3.05) is 13.7 Å². The predicted molar refractivity (Wildman–Crippen MR) is 117 cm³/mol. The molecule has 0 saturated heterocycles. The molecular formula is C24H30N2O5. The van der Waals surface area contributed by atoms with Crippen LogP contribution >= 0.6 is 0 Å². The van der Waals surface area contributed by atoms with E-state index in [4.69, 9.17) is 9.47 Å². The van der Waals surface area contributed by atoms with Gasteiger partial charge in [-0.3, -0.25) is 4.79 Å². The van der Waals surface area contributed by atoms with Crippen molar-refractivity contribution in [3.8, 4) is 11.6 Å². The van der Waals surface area contributed by atoms with Crippen LogP contribution in [-0.2, 0) is 11.2 Å². The quantitative estimate of drug-likeness (QED) is 0.667. The first kappa shape index (κ1) is 22.6. The van der Waals surface area contributed by atoms with E-state index in [9.17, 15) is 14.7 Å². The molecule has 7 heteroatoms. The fraction of sp³-hybridized carbons (Fsp3) is 0.458. The van der Waals surface area contributed by atoms with Gasteiger partial charge in [0.1, 0.15) is 5.54 Å². The first-order chi connectivity index (χ1) is 14.8. The van der Waals surface area contributed by atoms with Gasteiger partial charge in [-0.1, -0.05) is 36.8 Å². The summed E-state index contributed by atoms with van der Waals surface area (Å²) in [6.45, 7) is 4.53. The highest BCUT2D eigenvalue weighted by Crippen LogP contribution is 2.33. The molecule has 0 unspecified atom stereocenters. The molecule has 0 bridgehead atoms. The molecular weight excluding hydrogens is 396 g/mol. The molecule has 1 aromatic carbocycles. The number of hydrogen-bond acceptors (Lipinski definition) is 5. The Bertz CT molecular complexity index is 935. The number of nitrogens with zero attached hydrogens (tertiary/aromatic N) is 1. The van der Waals surface area contributed by atoms with Gasteiger partial charge in [-0.05, 0) is 44.1 Å². The van der Waals surface area contributed by atoms with Gasteiger partial charge in [0.25, 0.3) is 11.8 Å². The zero-order valence-electron chi connectivity index (χ0n) is 18.3. The number of hydrogen-bond donors (Lipinski definition) is 2. The minimum Gasteiger partial charge on any atom is -0.488 e. The number of aromatic nitrogens is 1. The van der Waals surface area contributed by atoms with Gasteiger partial charge >= 0.3 is 5.97 Å². The highest BCUT2D eigenvalue weighted by Gasteiger charge is 2.42. The van der Waals surface area contributed by atoms with Gasteiger partial charge in [0.05, 0.1) is 19.3 Å².